The van der Waals surface area contributed by atoms with Crippen molar-refractivity contribution in [2.75, 3.05) is 0 Å². The summed E-state index contributed by atoms with van der Waals surface area (Å²) in [4.78, 5) is 12.3. The predicted molar refractivity (Wildman–Crippen MR) is 73.2 cm³/mol. The Balaban J connectivity index is 2.42. The lowest BCUT2D eigenvalue weighted by molar-refractivity contribution is 0.0977. The largest absolute Gasteiger partial charge is 0.292 e. The molecule has 2 aromatic rings. The molecule has 1 atom stereocenters. The Morgan fingerprint density at radius 2 is 1.95 bits per heavy atom. The quantitative estimate of drug-likeness (QED) is 0.800. The summed E-state index contributed by atoms with van der Waals surface area (Å²) in [6, 6.07) is 14.4. The molecule has 0 aromatic heterocycles. The maximum absolute atomic E-state index is 13.7. The van der Waals surface area contributed by atoms with E-state index in [1.54, 1.807) is 30.3 Å². The number of carbonyl (C=O) groups is 1. The first kappa shape index (κ1) is 13.4. The lowest BCUT2D eigenvalue weighted by Gasteiger charge is -2.09. The Morgan fingerprint density at radius 3 is 2.58 bits per heavy atom. The molecule has 0 amide bonds. The number of carbonyl (C=O) groups excluding carboxylic acids is 1. The Bertz CT molecular complexity index is 663. The molecule has 0 aliphatic heterocycles. The molecule has 0 bridgehead atoms. The summed E-state index contributed by atoms with van der Waals surface area (Å²) in [5.41, 5.74) is 0.485. The first-order valence-electron chi connectivity index (χ1n) is 5.57. The predicted octanol–water partition coefficient (Wildman–Crippen LogP) is 4.08. The number of hydrogen-bond donors (Lipinski definition) is 0. The average molecular weight is 318 g/mol. The monoisotopic (exact) mass is 317 g/mol. The van der Waals surface area contributed by atoms with E-state index in [0.29, 0.717) is 5.56 Å². The van der Waals surface area contributed by atoms with E-state index in [4.69, 9.17) is 5.26 Å². The van der Waals surface area contributed by atoms with E-state index in [9.17, 15) is 9.18 Å². The van der Waals surface area contributed by atoms with Crippen LogP contribution in [0.5, 0.6) is 0 Å². The number of hydrogen-bond acceptors (Lipinski definition) is 2. The summed E-state index contributed by atoms with van der Waals surface area (Å²) in [7, 11) is 0. The minimum absolute atomic E-state index is 0.106. The van der Waals surface area contributed by atoms with E-state index in [2.05, 4.69) is 15.9 Å². The van der Waals surface area contributed by atoms with Crippen LogP contribution < -0.4 is 0 Å². The highest BCUT2D eigenvalue weighted by molar-refractivity contribution is 9.10. The zero-order chi connectivity index (χ0) is 13.8. The third-order valence-corrected chi connectivity index (χ3v) is 3.21. The van der Waals surface area contributed by atoms with Crippen molar-refractivity contribution in [1.82, 2.24) is 0 Å². The number of nitriles is 1. The third-order valence-electron chi connectivity index (χ3n) is 2.72. The maximum atomic E-state index is 13.7. The summed E-state index contributed by atoms with van der Waals surface area (Å²) in [5, 5.41) is 9.16. The molecule has 0 heterocycles. The molecule has 0 aliphatic rings. The van der Waals surface area contributed by atoms with E-state index in [0.717, 1.165) is 4.47 Å². The minimum atomic E-state index is -1.13. The van der Waals surface area contributed by atoms with Gasteiger partial charge in [-0.25, -0.2) is 4.39 Å². The standard InChI is InChI=1S/C15H9BrFNO/c16-11-5-3-4-10(8-11)15(19)13(9-18)12-6-1-2-7-14(12)17/h1-8,13H. The smallest absolute Gasteiger partial charge is 0.184 e. The molecule has 2 aromatic carbocycles. The van der Waals surface area contributed by atoms with Gasteiger partial charge >= 0.3 is 0 Å². The first-order chi connectivity index (χ1) is 9.13. The Labute approximate surface area is 118 Å². The van der Waals surface area contributed by atoms with E-state index >= 15 is 0 Å². The molecule has 1 unspecified atom stereocenters. The molecular weight excluding hydrogens is 309 g/mol. The summed E-state index contributed by atoms with van der Waals surface area (Å²) >= 11 is 3.26. The van der Waals surface area contributed by atoms with E-state index in [1.165, 1.54) is 18.2 Å². The van der Waals surface area contributed by atoms with Crippen LogP contribution in [0.3, 0.4) is 0 Å². The van der Waals surface area contributed by atoms with Crippen LogP contribution in [-0.4, -0.2) is 5.78 Å². The topological polar surface area (TPSA) is 40.9 Å². The summed E-state index contributed by atoms with van der Waals surface area (Å²) in [6.07, 6.45) is 0. The van der Waals surface area contributed by atoms with Crippen LogP contribution in [0.25, 0.3) is 0 Å². The second-order valence-corrected chi connectivity index (χ2v) is 4.87. The van der Waals surface area contributed by atoms with Crippen molar-refractivity contribution in [3.05, 3.63) is 69.9 Å². The van der Waals surface area contributed by atoms with Crippen molar-refractivity contribution in [3.63, 3.8) is 0 Å². The molecule has 0 fully saturated rings. The molecule has 2 rings (SSSR count). The zero-order valence-electron chi connectivity index (χ0n) is 9.81. The van der Waals surface area contributed by atoms with Gasteiger partial charge in [0.1, 0.15) is 11.7 Å². The number of nitrogens with zero attached hydrogens (tertiary/aromatic N) is 1. The number of benzene rings is 2. The van der Waals surface area contributed by atoms with Gasteiger partial charge in [-0.2, -0.15) is 5.26 Å². The van der Waals surface area contributed by atoms with Crippen LogP contribution in [0.4, 0.5) is 4.39 Å². The second kappa shape index (κ2) is 5.77. The summed E-state index contributed by atoms with van der Waals surface area (Å²) in [6.45, 7) is 0. The molecule has 0 spiro atoms. The summed E-state index contributed by atoms with van der Waals surface area (Å²) in [5.74, 6) is -2.08. The molecule has 4 heteroatoms. The molecule has 19 heavy (non-hydrogen) atoms. The molecular formula is C15H9BrFNO. The van der Waals surface area contributed by atoms with Crippen LogP contribution in [0.1, 0.15) is 21.8 Å². The van der Waals surface area contributed by atoms with Crippen LogP contribution in [0.15, 0.2) is 53.0 Å². The van der Waals surface area contributed by atoms with Crippen molar-refractivity contribution in [1.29, 1.82) is 5.26 Å². The van der Waals surface area contributed by atoms with Gasteiger partial charge in [0.15, 0.2) is 5.78 Å². The molecule has 0 N–H and O–H groups in total. The number of halogens is 2. The Kier molecular flexibility index (Phi) is 4.08. The van der Waals surface area contributed by atoms with Crippen LogP contribution in [-0.2, 0) is 0 Å². The van der Waals surface area contributed by atoms with Gasteiger partial charge in [0.05, 0.1) is 6.07 Å². The van der Waals surface area contributed by atoms with Gasteiger partial charge in [-0.3, -0.25) is 4.79 Å². The fourth-order valence-electron chi connectivity index (χ4n) is 1.79. The normalized spacial score (nSPS) is 11.6. The lowest BCUT2D eigenvalue weighted by atomic mass is 9.91. The van der Waals surface area contributed by atoms with Crippen LogP contribution in [0.2, 0.25) is 0 Å². The molecule has 0 saturated carbocycles. The fourth-order valence-corrected chi connectivity index (χ4v) is 2.19. The number of rotatable bonds is 3. The SMILES string of the molecule is N#CC(C(=O)c1cccc(Br)c1)c1ccccc1F. The fraction of sp³-hybridized carbons (Fsp3) is 0.0667. The number of ketones is 1. The van der Waals surface area contributed by atoms with E-state index < -0.39 is 17.5 Å². The Hall–Kier alpha value is -1.99. The highest BCUT2D eigenvalue weighted by Gasteiger charge is 2.24. The van der Waals surface area contributed by atoms with E-state index in [1.807, 2.05) is 6.07 Å². The third kappa shape index (κ3) is 2.88. The highest BCUT2D eigenvalue weighted by atomic mass is 79.9. The molecule has 0 aliphatic carbocycles. The molecule has 0 radical (unpaired) electrons. The lowest BCUT2D eigenvalue weighted by Crippen LogP contribution is -2.12. The van der Waals surface area contributed by atoms with Crippen LogP contribution in [0, 0.1) is 17.1 Å². The molecule has 2 nitrogen and oxygen atoms in total. The zero-order valence-corrected chi connectivity index (χ0v) is 11.4. The van der Waals surface area contributed by atoms with Gasteiger partial charge in [0, 0.05) is 15.6 Å². The highest BCUT2D eigenvalue weighted by Crippen LogP contribution is 2.24. The second-order valence-electron chi connectivity index (χ2n) is 3.96. The van der Waals surface area contributed by atoms with Gasteiger partial charge in [-0.05, 0) is 18.2 Å². The van der Waals surface area contributed by atoms with Crippen molar-refractivity contribution < 1.29 is 9.18 Å². The maximum Gasteiger partial charge on any atom is 0.184 e. The number of Topliss-reactive ketones (excluding diaryl/α,β-unsaturated/α-hetero) is 1. The Morgan fingerprint density at radius 1 is 1.21 bits per heavy atom. The van der Waals surface area contributed by atoms with Crippen molar-refractivity contribution >= 4 is 21.7 Å². The van der Waals surface area contributed by atoms with E-state index in [-0.39, 0.29) is 5.56 Å². The molecule has 94 valence electrons. The van der Waals surface area contributed by atoms with Crippen molar-refractivity contribution in [2.24, 2.45) is 0 Å². The van der Waals surface area contributed by atoms with Crippen molar-refractivity contribution in [3.8, 4) is 6.07 Å². The van der Waals surface area contributed by atoms with Gasteiger partial charge in [-0.15, -0.1) is 0 Å². The first-order valence-corrected chi connectivity index (χ1v) is 6.36. The average Bonchev–Trinajstić information content (AvgIpc) is 2.41. The minimum Gasteiger partial charge on any atom is -0.292 e. The van der Waals surface area contributed by atoms with Gasteiger partial charge in [-0.1, -0.05) is 46.3 Å². The molecule has 0 saturated heterocycles. The van der Waals surface area contributed by atoms with Crippen LogP contribution >= 0.6 is 15.9 Å². The van der Waals surface area contributed by atoms with Gasteiger partial charge < -0.3 is 0 Å². The van der Waals surface area contributed by atoms with Gasteiger partial charge in [0.2, 0.25) is 0 Å². The van der Waals surface area contributed by atoms with Gasteiger partial charge in [0.25, 0.3) is 0 Å². The van der Waals surface area contributed by atoms with Crippen molar-refractivity contribution in [2.45, 2.75) is 5.92 Å². The summed E-state index contributed by atoms with van der Waals surface area (Å²) < 4.78 is 14.4.